The van der Waals surface area contributed by atoms with E-state index in [1.54, 1.807) is 13.2 Å². The lowest BCUT2D eigenvalue weighted by Crippen LogP contribution is -1.81. The van der Waals surface area contributed by atoms with E-state index in [1.807, 2.05) is 24.3 Å². The quantitative estimate of drug-likeness (QED) is 0.718. The first-order valence-electron chi connectivity index (χ1n) is 4.51. The van der Waals surface area contributed by atoms with Gasteiger partial charge in [-0.3, -0.25) is 4.79 Å². The van der Waals surface area contributed by atoms with Crippen molar-refractivity contribution in [2.24, 2.45) is 0 Å². The molecule has 0 bridgehead atoms. The second-order valence-corrected chi connectivity index (χ2v) is 3.09. The summed E-state index contributed by atoms with van der Waals surface area (Å²) in [6, 6.07) is 9.16. The Kier molecular flexibility index (Phi) is 2.54. The topological polar surface area (TPSA) is 39.4 Å². The monoisotopic (exact) mass is 202 g/mol. The van der Waals surface area contributed by atoms with Crippen molar-refractivity contribution >= 4 is 6.29 Å². The predicted molar refractivity (Wildman–Crippen MR) is 56.1 cm³/mol. The van der Waals surface area contributed by atoms with Gasteiger partial charge in [0.05, 0.1) is 12.7 Å². The first kappa shape index (κ1) is 9.52. The van der Waals surface area contributed by atoms with E-state index < -0.39 is 0 Å². The van der Waals surface area contributed by atoms with Crippen molar-refractivity contribution in [3.05, 3.63) is 42.2 Å². The second kappa shape index (κ2) is 4.00. The summed E-state index contributed by atoms with van der Waals surface area (Å²) < 4.78 is 10.3. The van der Waals surface area contributed by atoms with Crippen molar-refractivity contribution in [2.45, 2.75) is 0 Å². The molecule has 0 radical (unpaired) electrons. The first-order valence-corrected chi connectivity index (χ1v) is 4.51. The van der Waals surface area contributed by atoms with Gasteiger partial charge in [0.1, 0.15) is 17.8 Å². The highest BCUT2D eigenvalue weighted by Gasteiger charge is 2.03. The molecule has 0 saturated carbocycles. The molecular formula is C12H10O3. The van der Waals surface area contributed by atoms with Crippen molar-refractivity contribution in [1.82, 2.24) is 0 Å². The van der Waals surface area contributed by atoms with Crippen molar-refractivity contribution in [1.29, 1.82) is 0 Å². The Morgan fingerprint density at radius 3 is 2.53 bits per heavy atom. The van der Waals surface area contributed by atoms with Crippen LogP contribution < -0.4 is 4.74 Å². The van der Waals surface area contributed by atoms with Gasteiger partial charge in [0.15, 0.2) is 6.29 Å². The van der Waals surface area contributed by atoms with Crippen molar-refractivity contribution in [2.75, 3.05) is 7.11 Å². The summed E-state index contributed by atoms with van der Waals surface area (Å²) in [6.45, 7) is 0. The Balaban J connectivity index is 2.32. The van der Waals surface area contributed by atoms with E-state index in [0.717, 1.165) is 17.6 Å². The van der Waals surface area contributed by atoms with Gasteiger partial charge < -0.3 is 9.15 Å². The highest BCUT2D eigenvalue weighted by molar-refractivity contribution is 5.77. The van der Waals surface area contributed by atoms with E-state index >= 15 is 0 Å². The fourth-order valence-electron chi connectivity index (χ4n) is 1.32. The Bertz CT molecular complexity index is 454. The SMILES string of the molecule is COc1ccc(-c2cc(C=O)co2)cc1. The number of hydrogen-bond donors (Lipinski definition) is 0. The maximum Gasteiger partial charge on any atom is 0.153 e. The molecule has 0 atom stereocenters. The molecular weight excluding hydrogens is 192 g/mol. The van der Waals surface area contributed by atoms with Crippen molar-refractivity contribution in [3.8, 4) is 17.1 Å². The molecule has 0 unspecified atom stereocenters. The van der Waals surface area contributed by atoms with E-state index in [-0.39, 0.29) is 0 Å². The summed E-state index contributed by atoms with van der Waals surface area (Å²) in [7, 11) is 1.62. The minimum Gasteiger partial charge on any atom is -0.497 e. The number of furan rings is 1. The summed E-state index contributed by atoms with van der Waals surface area (Å²) in [6.07, 6.45) is 2.20. The van der Waals surface area contributed by atoms with Gasteiger partial charge in [-0.2, -0.15) is 0 Å². The highest BCUT2D eigenvalue weighted by Crippen LogP contribution is 2.23. The molecule has 0 spiro atoms. The van der Waals surface area contributed by atoms with Crippen LogP contribution in [-0.2, 0) is 0 Å². The Labute approximate surface area is 87.3 Å². The van der Waals surface area contributed by atoms with Crippen LogP contribution in [0.1, 0.15) is 10.4 Å². The number of rotatable bonds is 3. The molecule has 3 heteroatoms. The van der Waals surface area contributed by atoms with Crippen LogP contribution >= 0.6 is 0 Å². The van der Waals surface area contributed by atoms with Gasteiger partial charge in [-0.25, -0.2) is 0 Å². The average Bonchev–Trinajstić information content (AvgIpc) is 2.78. The normalized spacial score (nSPS) is 9.93. The molecule has 1 aromatic carbocycles. The van der Waals surface area contributed by atoms with Gasteiger partial charge in [-0.05, 0) is 30.3 Å². The van der Waals surface area contributed by atoms with E-state index in [9.17, 15) is 4.79 Å². The summed E-state index contributed by atoms with van der Waals surface area (Å²) in [4.78, 5) is 10.5. The Morgan fingerprint density at radius 1 is 1.27 bits per heavy atom. The molecule has 0 fully saturated rings. The number of carbonyl (C=O) groups is 1. The number of benzene rings is 1. The second-order valence-electron chi connectivity index (χ2n) is 3.09. The zero-order valence-electron chi connectivity index (χ0n) is 8.27. The zero-order chi connectivity index (χ0) is 10.7. The number of ether oxygens (including phenoxy) is 1. The van der Waals surface area contributed by atoms with E-state index in [0.29, 0.717) is 11.3 Å². The van der Waals surface area contributed by atoms with Crippen molar-refractivity contribution < 1.29 is 13.9 Å². The summed E-state index contributed by atoms with van der Waals surface area (Å²) >= 11 is 0. The van der Waals surface area contributed by atoms with Crippen LogP contribution in [0.4, 0.5) is 0 Å². The maximum absolute atomic E-state index is 10.5. The minimum atomic E-state index is 0.542. The summed E-state index contributed by atoms with van der Waals surface area (Å²) in [5.41, 5.74) is 1.46. The standard InChI is InChI=1S/C12H10O3/c1-14-11-4-2-10(3-5-11)12-6-9(7-13)8-15-12/h2-8H,1H3. The number of carbonyl (C=O) groups excluding carboxylic acids is 1. The lowest BCUT2D eigenvalue weighted by atomic mass is 10.1. The van der Waals surface area contributed by atoms with Crippen LogP contribution in [0.25, 0.3) is 11.3 Å². The van der Waals surface area contributed by atoms with Crippen LogP contribution in [0.2, 0.25) is 0 Å². The van der Waals surface area contributed by atoms with Crippen LogP contribution in [0.5, 0.6) is 5.75 Å². The Hall–Kier alpha value is -2.03. The zero-order valence-corrected chi connectivity index (χ0v) is 8.27. The fourth-order valence-corrected chi connectivity index (χ4v) is 1.32. The molecule has 2 aromatic rings. The number of aldehydes is 1. The fraction of sp³-hybridized carbons (Fsp3) is 0.0833. The molecule has 0 amide bonds. The first-order chi connectivity index (χ1) is 7.33. The van der Waals surface area contributed by atoms with Crippen LogP contribution in [-0.4, -0.2) is 13.4 Å². The molecule has 15 heavy (non-hydrogen) atoms. The smallest absolute Gasteiger partial charge is 0.153 e. The molecule has 0 saturated heterocycles. The van der Waals surface area contributed by atoms with Gasteiger partial charge in [-0.15, -0.1) is 0 Å². The molecule has 0 aliphatic carbocycles. The van der Waals surface area contributed by atoms with E-state index in [4.69, 9.17) is 9.15 Å². The molecule has 0 aliphatic heterocycles. The molecule has 1 aromatic heterocycles. The largest absolute Gasteiger partial charge is 0.497 e. The average molecular weight is 202 g/mol. The van der Waals surface area contributed by atoms with E-state index in [1.165, 1.54) is 6.26 Å². The van der Waals surface area contributed by atoms with Gasteiger partial charge in [0, 0.05) is 5.56 Å². The van der Waals surface area contributed by atoms with Crippen LogP contribution in [0.15, 0.2) is 41.0 Å². The number of hydrogen-bond acceptors (Lipinski definition) is 3. The minimum absolute atomic E-state index is 0.542. The summed E-state index contributed by atoms with van der Waals surface area (Å²) in [5, 5.41) is 0. The third-order valence-corrected chi connectivity index (χ3v) is 2.13. The third-order valence-electron chi connectivity index (χ3n) is 2.13. The van der Waals surface area contributed by atoms with Crippen molar-refractivity contribution in [3.63, 3.8) is 0 Å². The molecule has 3 nitrogen and oxygen atoms in total. The lowest BCUT2D eigenvalue weighted by Gasteiger charge is -1.99. The maximum atomic E-state index is 10.5. The highest BCUT2D eigenvalue weighted by atomic mass is 16.5. The molecule has 1 heterocycles. The molecule has 0 N–H and O–H groups in total. The van der Waals surface area contributed by atoms with Gasteiger partial charge >= 0.3 is 0 Å². The van der Waals surface area contributed by atoms with Crippen LogP contribution in [0.3, 0.4) is 0 Å². The molecule has 0 aliphatic rings. The summed E-state index contributed by atoms with van der Waals surface area (Å²) in [5.74, 6) is 1.47. The Morgan fingerprint density at radius 2 is 2.00 bits per heavy atom. The number of methoxy groups -OCH3 is 1. The van der Waals surface area contributed by atoms with E-state index in [2.05, 4.69) is 0 Å². The predicted octanol–water partition coefficient (Wildman–Crippen LogP) is 2.77. The molecule has 2 rings (SSSR count). The van der Waals surface area contributed by atoms with Gasteiger partial charge in [-0.1, -0.05) is 0 Å². The lowest BCUT2D eigenvalue weighted by molar-refractivity contribution is 0.112. The third kappa shape index (κ3) is 1.91. The van der Waals surface area contributed by atoms with Gasteiger partial charge in [0.2, 0.25) is 0 Å². The van der Waals surface area contributed by atoms with Crippen LogP contribution in [0, 0.1) is 0 Å². The van der Waals surface area contributed by atoms with Gasteiger partial charge in [0.25, 0.3) is 0 Å². The molecule has 76 valence electrons.